The average molecular weight is 212 g/mol. The van der Waals surface area contributed by atoms with E-state index >= 15 is 0 Å². The number of rotatable bonds is 4. The highest BCUT2D eigenvalue weighted by atomic mass is 16.5. The van der Waals surface area contributed by atoms with Gasteiger partial charge in [-0.25, -0.2) is 0 Å². The highest BCUT2D eigenvalue weighted by Crippen LogP contribution is 2.14. The number of nitrogens with one attached hydrogen (secondary N) is 1. The molecule has 5 nitrogen and oxygen atoms in total. The molecule has 1 rings (SSSR count). The van der Waals surface area contributed by atoms with Crippen LogP contribution in [0.1, 0.15) is 6.42 Å². The molecule has 5 heteroatoms. The summed E-state index contributed by atoms with van der Waals surface area (Å²) in [7, 11) is 0. The third-order valence-electron chi connectivity index (χ3n) is 1.97. The van der Waals surface area contributed by atoms with Crippen molar-refractivity contribution in [1.82, 2.24) is 5.32 Å². The van der Waals surface area contributed by atoms with E-state index in [1.54, 1.807) is 12.2 Å². The summed E-state index contributed by atoms with van der Waals surface area (Å²) >= 11 is 0. The lowest BCUT2D eigenvalue weighted by Gasteiger charge is -2.22. The van der Waals surface area contributed by atoms with Crippen molar-refractivity contribution in [2.45, 2.75) is 12.5 Å². The maximum absolute atomic E-state index is 8.96. The molecule has 15 heavy (non-hydrogen) atoms. The Bertz CT molecular complexity index is 284. The van der Waals surface area contributed by atoms with Crippen LogP contribution in [0.4, 0.5) is 0 Å². The minimum Gasteiger partial charge on any atom is -0.514 e. The highest BCUT2D eigenvalue weighted by molar-refractivity contribution is 5.30. The predicted octanol–water partition coefficient (Wildman–Crippen LogP) is 0.679. The summed E-state index contributed by atoms with van der Waals surface area (Å²) < 4.78 is 5.45. The van der Waals surface area contributed by atoms with Crippen molar-refractivity contribution in [2.24, 2.45) is 5.73 Å². The van der Waals surface area contributed by atoms with Crippen molar-refractivity contribution in [3.05, 3.63) is 36.1 Å². The third kappa shape index (κ3) is 3.30. The van der Waals surface area contributed by atoms with E-state index in [4.69, 9.17) is 20.7 Å². The van der Waals surface area contributed by atoms with Gasteiger partial charge in [-0.1, -0.05) is 0 Å². The van der Waals surface area contributed by atoms with Gasteiger partial charge in [-0.15, -0.1) is 0 Å². The normalized spacial score (nSPS) is 25.8. The molecule has 1 unspecified atom stereocenters. The molecule has 1 aliphatic heterocycles. The summed E-state index contributed by atoms with van der Waals surface area (Å²) in [6, 6.07) is 0. The average Bonchev–Trinajstić information content (AvgIpc) is 2.29. The monoisotopic (exact) mass is 212 g/mol. The van der Waals surface area contributed by atoms with Crippen LogP contribution < -0.4 is 11.1 Å². The minimum atomic E-state index is -0.315. The van der Waals surface area contributed by atoms with Gasteiger partial charge in [-0.2, -0.15) is 0 Å². The van der Waals surface area contributed by atoms with Crippen LogP contribution in [0.15, 0.2) is 36.1 Å². The summed E-state index contributed by atoms with van der Waals surface area (Å²) in [5.74, 6) is 0. The zero-order valence-corrected chi connectivity index (χ0v) is 8.39. The van der Waals surface area contributed by atoms with Crippen molar-refractivity contribution in [2.75, 3.05) is 13.2 Å². The lowest BCUT2D eigenvalue weighted by Crippen LogP contribution is -2.29. The summed E-state index contributed by atoms with van der Waals surface area (Å²) in [5, 5.41) is 20.5. The molecule has 84 valence electrons. The second-order valence-corrected chi connectivity index (χ2v) is 3.09. The molecule has 1 heterocycles. The zero-order chi connectivity index (χ0) is 11.1. The molecule has 0 aromatic heterocycles. The van der Waals surface area contributed by atoms with Crippen LogP contribution in [0.25, 0.3) is 0 Å². The van der Waals surface area contributed by atoms with Crippen LogP contribution in [-0.4, -0.2) is 29.5 Å². The quantitative estimate of drug-likeness (QED) is 0.406. The number of allylic oxidation sites excluding steroid dienone is 1. The number of hydrogen-bond acceptors (Lipinski definition) is 5. The first-order chi connectivity index (χ1) is 7.31. The second kappa shape index (κ2) is 6.10. The Morgan fingerprint density at radius 3 is 2.87 bits per heavy atom. The maximum Gasteiger partial charge on any atom is 0.119 e. The molecule has 0 aromatic rings. The summed E-state index contributed by atoms with van der Waals surface area (Å²) in [6.07, 6.45) is 5.74. The zero-order valence-electron chi connectivity index (χ0n) is 8.39. The fraction of sp³-hybridized carbons (Fsp3) is 0.400. The van der Waals surface area contributed by atoms with Gasteiger partial charge in [0.05, 0.1) is 11.4 Å². The third-order valence-corrected chi connectivity index (χ3v) is 1.97. The van der Waals surface area contributed by atoms with Crippen molar-refractivity contribution in [3.8, 4) is 0 Å². The van der Waals surface area contributed by atoms with Gasteiger partial charge in [-0.05, 0) is 25.1 Å². The van der Waals surface area contributed by atoms with Crippen LogP contribution >= 0.6 is 0 Å². The van der Waals surface area contributed by atoms with Gasteiger partial charge in [0.15, 0.2) is 0 Å². The first-order valence-electron chi connectivity index (χ1n) is 4.77. The Hall–Kier alpha value is -1.46. The number of nitrogens with two attached hydrogens (primary N) is 1. The molecule has 0 aliphatic carbocycles. The first kappa shape index (κ1) is 11.6. The standard InChI is InChI=1S/C10H16N2O3/c11-4-1-5-15-10-3-2-8(6-13)12-9(10)7-14/h2-3,6-7,10,12-14H,1,4-5,11H2. The molecule has 0 saturated carbocycles. The fourth-order valence-corrected chi connectivity index (χ4v) is 1.19. The van der Waals surface area contributed by atoms with E-state index in [1.807, 2.05) is 0 Å². The van der Waals surface area contributed by atoms with E-state index in [2.05, 4.69) is 5.32 Å². The second-order valence-electron chi connectivity index (χ2n) is 3.09. The largest absolute Gasteiger partial charge is 0.514 e. The van der Waals surface area contributed by atoms with E-state index in [-0.39, 0.29) is 6.10 Å². The Labute approximate surface area is 88.5 Å². The molecule has 0 fully saturated rings. The summed E-state index contributed by atoms with van der Waals surface area (Å²) in [4.78, 5) is 0. The lowest BCUT2D eigenvalue weighted by molar-refractivity contribution is 0.0999. The van der Waals surface area contributed by atoms with E-state index in [1.165, 1.54) is 0 Å². The van der Waals surface area contributed by atoms with Crippen molar-refractivity contribution in [1.29, 1.82) is 0 Å². The van der Waals surface area contributed by atoms with E-state index < -0.39 is 0 Å². The van der Waals surface area contributed by atoms with Crippen LogP contribution in [-0.2, 0) is 4.74 Å². The van der Waals surface area contributed by atoms with Gasteiger partial charge in [0.25, 0.3) is 0 Å². The van der Waals surface area contributed by atoms with E-state index in [9.17, 15) is 0 Å². The molecule has 5 N–H and O–H groups in total. The predicted molar refractivity (Wildman–Crippen MR) is 57.1 cm³/mol. The SMILES string of the molecule is NCCCOC1C=CC(=CO)NC1=CO. The number of ether oxygens (including phenoxy) is 1. The smallest absolute Gasteiger partial charge is 0.119 e. The van der Waals surface area contributed by atoms with Crippen molar-refractivity contribution < 1.29 is 14.9 Å². The molecular weight excluding hydrogens is 196 g/mol. The minimum absolute atomic E-state index is 0.315. The molecule has 1 aliphatic rings. The van der Waals surface area contributed by atoms with Gasteiger partial charge in [-0.3, -0.25) is 0 Å². The molecule has 0 bridgehead atoms. The number of aliphatic hydroxyl groups excluding tert-OH is 2. The Balaban J connectivity index is 2.56. The first-order valence-corrected chi connectivity index (χ1v) is 4.77. The van der Waals surface area contributed by atoms with E-state index in [0.29, 0.717) is 24.5 Å². The van der Waals surface area contributed by atoms with Crippen LogP contribution in [0.3, 0.4) is 0 Å². The molecular formula is C10H16N2O3. The molecule has 0 spiro atoms. The highest BCUT2D eigenvalue weighted by Gasteiger charge is 2.16. The van der Waals surface area contributed by atoms with Gasteiger partial charge in [0, 0.05) is 6.61 Å². The lowest BCUT2D eigenvalue weighted by atomic mass is 10.1. The molecule has 0 amide bonds. The number of hydrogen-bond donors (Lipinski definition) is 4. The Morgan fingerprint density at radius 1 is 1.47 bits per heavy atom. The molecule has 0 aromatic carbocycles. The Morgan fingerprint density at radius 2 is 2.27 bits per heavy atom. The molecule has 0 saturated heterocycles. The number of aliphatic hydroxyl groups is 2. The topological polar surface area (TPSA) is 87.7 Å². The summed E-state index contributed by atoms with van der Waals surface area (Å²) in [6.45, 7) is 1.10. The molecule has 0 radical (unpaired) electrons. The van der Waals surface area contributed by atoms with E-state index in [0.717, 1.165) is 18.9 Å². The van der Waals surface area contributed by atoms with Gasteiger partial charge in [0.2, 0.25) is 0 Å². The van der Waals surface area contributed by atoms with Gasteiger partial charge >= 0.3 is 0 Å². The summed E-state index contributed by atoms with van der Waals surface area (Å²) in [5.41, 5.74) is 6.34. The molecule has 1 atom stereocenters. The van der Waals surface area contributed by atoms with Crippen molar-refractivity contribution in [3.63, 3.8) is 0 Å². The van der Waals surface area contributed by atoms with Crippen LogP contribution in [0.5, 0.6) is 0 Å². The van der Waals surface area contributed by atoms with Crippen molar-refractivity contribution >= 4 is 0 Å². The van der Waals surface area contributed by atoms with Crippen LogP contribution in [0, 0.1) is 0 Å². The fourth-order valence-electron chi connectivity index (χ4n) is 1.19. The van der Waals surface area contributed by atoms with Gasteiger partial charge in [0.1, 0.15) is 18.6 Å². The van der Waals surface area contributed by atoms with Gasteiger partial charge < -0.3 is 26.0 Å². The van der Waals surface area contributed by atoms with Crippen LogP contribution in [0.2, 0.25) is 0 Å². The maximum atomic E-state index is 8.96. The Kier molecular flexibility index (Phi) is 4.73.